The maximum atomic E-state index is 11.4. The van der Waals surface area contributed by atoms with Crippen LogP contribution in [0.25, 0.3) is 0 Å². The van der Waals surface area contributed by atoms with Crippen molar-refractivity contribution < 1.29 is 18.6 Å². The van der Waals surface area contributed by atoms with Crippen molar-refractivity contribution in [2.45, 2.75) is 31.7 Å². The standard InChI is InChI=1S/C8H17O4PS/c1-6-4-7(12-13(3,9)14)8(11-6)5-10-2/h6-8H,4-5H2,1-3H3,(H,9,14)/t6-,7?,8+,13?/m0/s1. The first-order valence-corrected chi connectivity index (χ1v) is 7.78. The van der Waals surface area contributed by atoms with E-state index < -0.39 is 6.57 Å². The zero-order valence-electron chi connectivity index (χ0n) is 8.67. The molecule has 0 spiro atoms. The largest absolute Gasteiger partial charge is 0.382 e. The molecule has 14 heavy (non-hydrogen) atoms. The van der Waals surface area contributed by atoms with Crippen molar-refractivity contribution >= 4 is 18.8 Å². The Morgan fingerprint density at radius 1 is 1.64 bits per heavy atom. The molecular formula is C8H17O4PS. The number of rotatable bonds is 4. The predicted molar refractivity (Wildman–Crippen MR) is 58.2 cm³/mol. The summed E-state index contributed by atoms with van der Waals surface area (Å²) in [4.78, 5) is 0. The van der Waals surface area contributed by atoms with Gasteiger partial charge >= 0.3 is 0 Å². The summed E-state index contributed by atoms with van der Waals surface area (Å²) < 4.78 is 27.3. The van der Waals surface area contributed by atoms with Crippen LogP contribution < -0.4 is 0 Å². The molecule has 4 nitrogen and oxygen atoms in total. The first kappa shape index (κ1) is 12.5. The minimum atomic E-state index is -2.74. The van der Waals surface area contributed by atoms with Crippen LogP contribution in [0, 0.1) is 0 Å². The lowest BCUT2D eigenvalue weighted by atomic mass is 10.1. The van der Waals surface area contributed by atoms with E-state index in [0.717, 1.165) is 6.42 Å². The van der Waals surface area contributed by atoms with Gasteiger partial charge in [0.15, 0.2) is 0 Å². The minimum absolute atomic E-state index is 0.125. The molecular weight excluding hydrogens is 223 g/mol. The van der Waals surface area contributed by atoms with Gasteiger partial charge in [-0.3, -0.25) is 4.57 Å². The second-order valence-electron chi connectivity index (χ2n) is 3.62. The van der Waals surface area contributed by atoms with E-state index in [1.807, 2.05) is 6.92 Å². The van der Waals surface area contributed by atoms with Crippen molar-refractivity contribution in [2.75, 3.05) is 20.4 Å². The third-order valence-electron chi connectivity index (χ3n) is 2.05. The zero-order valence-corrected chi connectivity index (χ0v) is 10.5. The molecule has 0 radical (unpaired) electrons. The number of hydrogen-bond acceptors (Lipinski definition) is 4. The number of hydrogen-bond donors (Lipinski definition) is 1. The van der Waals surface area contributed by atoms with E-state index in [1.54, 1.807) is 7.11 Å². The summed E-state index contributed by atoms with van der Waals surface area (Å²) in [5.74, 6) is 0. The lowest BCUT2D eigenvalue weighted by Gasteiger charge is -2.19. The van der Waals surface area contributed by atoms with Crippen molar-refractivity contribution in [1.82, 2.24) is 0 Å². The Kier molecular flexibility index (Phi) is 4.47. The smallest absolute Gasteiger partial charge is 0.252 e. The van der Waals surface area contributed by atoms with Gasteiger partial charge in [0, 0.05) is 20.2 Å². The summed E-state index contributed by atoms with van der Waals surface area (Å²) in [7, 11) is 1.61. The Balaban J connectivity index is 2.53. The molecule has 0 amide bonds. The summed E-state index contributed by atoms with van der Waals surface area (Å²) in [5, 5.41) is 0. The van der Waals surface area contributed by atoms with Crippen LogP contribution in [0.3, 0.4) is 0 Å². The summed E-state index contributed by atoms with van der Waals surface area (Å²) in [5.41, 5.74) is 0. The van der Waals surface area contributed by atoms with E-state index in [9.17, 15) is 4.57 Å². The highest BCUT2D eigenvalue weighted by Crippen LogP contribution is 2.50. The molecule has 4 atom stereocenters. The van der Waals surface area contributed by atoms with Gasteiger partial charge in [-0.25, -0.2) is 0 Å². The Labute approximate surface area is 89.9 Å². The lowest BCUT2D eigenvalue weighted by molar-refractivity contribution is -0.0218. The molecule has 0 aliphatic carbocycles. The van der Waals surface area contributed by atoms with Crippen LogP contribution in [0.4, 0.5) is 0 Å². The first-order chi connectivity index (χ1) is 6.42. The van der Waals surface area contributed by atoms with Crippen LogP contribution >= 0.6 is 18.8 Å². The van der Waals surface area contributed by atoms with Crippen molar-refractivity contribution in [2.24, 2.45) is 0 Å². The van der Waals surface area contributed by atoms with Crippen LogP contribution in [0.15, 0.2) is 0 Å². The van der Waals surface area contributed by atoms with Gasteiger partial charge in [0.25, 0.3) is 6.57 Å². The Morgan fingerprint density at radius 3 is 2.79 bits per heavy atom. The molecule has 0 aromatic rings. The topological polar surface area (TPSA) is 44.8 Å². The molecule has 0 saturated carbocycles. The molecule has 1 fully saturated rings. The minimum Gasteiger partial charge on any atom is -0.382 e. The Bertz CT molecular complexity index is 229. The molecule has 0 aromatic carbocycles. The molecule has 0 aromatic heterocycles. The molecule has 6 heteroatoms. The van der Waals surface area contributed by atoms with Crippen molar-refractivity contribution in [3.05, 3.63) is 0 Å². The number of methoxy groups -OCH3 is 1. The van der Waals surface area contributed by atoms with Gasteiger partial charge in [-0.1, -0.05) is 12.2 Å². The highest BCUT2D eigenvalue weighted by molar-refractivity contribution is 8.46. The van der Waals surface area contributed by atoms with Gasteiger partial charge in [0.2, 0.25) is 0 Å². The van der Waals surface area contributed by atoms with Crippen LogP contribution in [0.2, 0.25) is 0 Å². The SMILES string of the molecule is COC[C@H]1O[C@@H](C)CC1OP(C)(=O)S. The molecule has 1 saturated heterocycles. The summed E-state index contributed by atoms with van der Waals surface area (Å²) in [6, 6.07) is 0. The molecule has 1 rings (SSSR count). The molecule has 0 bridgehead atoms. The second-order valence-corrected chi connectivity index (χ2v) is 7.62. The average Bonchev–Trinajstić information content (AvgIpc) is 2.28. The molecule has 2 unspecified atom stereocenters. The van der Waals surface area contributed by atoms with Gasteiger partial charge in [0.1, 0.15) is 6.10 Å². The normalized spacial score (nSPS) is 37.0. The van der Waals surface area contributed by atoms with E-state index in [1.165, 1.54) is 6.66 Å². The van der Waals surface area contributed by atoms with Crippen LogP contribution in [0.5, 0.6) is 0 Å². The molecule has 1 heterocycles. The fourth-order valence-electron chi connectivity index (χ4n) is 1.59. The lowest BCUT2D eigenvalue weighted by Crippen LogP contribution is -2.27. The monoisotopic (exact) mass is 240 g/mol. The van der Waals surface area contributed by atoms with Gasteiger partial charge in [0.05, 0.1) is 18.8 Å². The van der Waals surface area contributed by atoms with E-state index in [4.69, 9.17) is 14.0 Å². The highest BCUT2D eigenvalue weighted by Gasteiger charge is 2.36. The molecule has 1 aliphatic heterocycles. The summed E-state index contributed by atoms with van der Waals surface area (Å²) in [6.07, 6.45) is 0.570. The quantitative estimate of drug-likeness (QED) is 0.602. The zero-order chi connectivity index (χ0) is 10.8. The van der Waals surface area contributed by atoms with Crippen LogP contribution in [-0.4, -0.2) is 38.7 Å². The summed E-state index contributed by atoms with van der Waals surface area (Å²) >= 11 is 3.91. The third kappa shape index (κ3) is 3.91. The van der Waals surface area contributed by atoms with E-state index in [-0.39, 0.29) is 18.3 Å². The van der Waals surface area contributed by atoms with Crippen LogP contribution in [0.1, 0.15) is 13.3 Å². The maximum Gasteiger partial charge on any atom is 0.252 e. The molecule has 1 aliphatic rings. The predicted octanol–water partition coefficient (Wildman–Crippen LogP) is 1.95. The number of ether oxygens (including phenoxy) is 2. The van der Waals surface area contributed by atoms with E-state index >= 15 is 0 Å². The second kappa shape index (κ2) is 4.99. The van der Waals surface area contributed by atoms with E-state index in [2.05, 4.69) is 12.2 Å². The first-order valence-electron chi connectivity index (χ1n) is 4.55. The highest BCUT2D eigenvalue weighted by atomic mass is 32.7. The summed E-state index contributed by atoms with van der Waals surface area (Å²) in [6.45, 7) is 1.17. The molecule has 84 valence electrons. The number of thiol groups is 1. The Hall–Kier alpha value is 0.460. The van der Waals surface area contributed by atoms with Gasteiger partial charge in [-0.15, -0.1) is 0 Å². The van der Waals surface area contributed by atoms with E-state index in [0.29, 0.717) is 6.61 Å². The van der Waals surface area contributed by atoms with Gasteiger partial charge < -0.3 is 14.0 Å². The maximum absolute atomic E-state index is 11.4. The molecule has 0 N–H and O–H groups in total. The van der Waals surface area contributed by atoms with Gasteiger partial charge in [-0.05, 0) is 6.92 Å². The van der Waals surface area contributed by atoms with Gasteiger partial charge in [-0.2, -0.15) is 0 Å². The fraction of sp³-hybridized carbons (Fsp3) is 1.00. The van der Waals surface area contributed by atoms with Crippen molar-refractivity contribution in [3.8, 4) is 0 Å². The third-order valence-corrected chi connectivity index (χ3v) is 2.99. The van der Waals surface area contributed by atoms with Crippen LogP contribution in [-0.2, 0) is 18.6 Å². The fourth-order valence-corrected chi connectivity index (χ4v) is 2.68. The average molecular weight is 240 g/mol. The Morgan fingerprint density at radius 2 is 2.29 bits per heavy atom. The van der Waals surface area contributed by atoms with Crippen molar-refractivity contribution in [3.63, 3.8) is 0 Å². The van der Waals surface area contributed by atoms with Crippen molar-refractivity contribution in [1.29, 1.82) is 0 Å².